The molecule has 6 heteroatoms. The van der Waals surface area contributed by atoms with E-state index in [0.717, 1.165) is 32.7 Å². The Balaban J connectivity index is 1.59. The van der Waals surface area contributed by atoms with Gasteiger partial charge in [0.2, 0.25) is 0 Å². The molecule has 142 valence electrons. The van der Waals surface area contributed by atoms with Crippen LogP contribution < -0.4 is 15.3 Å². The maximum absolute atomic E-state index is 13.2. The highest BCUT2D eigenvalue weighted by Gasteiger charge is 2.12. The van der Waals surface area contributed by atoms with Gasteiger partial charge in [0.1, 0.15) is 11.6 Å². The van der Waals surface area contributed by atoms with E-state index in [4.69, 9.17) is 4.74 Å². The fourth-order valence-electron chi connectivity index (χ4n) is 3.41. The van der Waals surface area contributed by atoms with Gasteiger partial charge in [0.15, 0.2) is 11.7 Å². The Morgan fingerprint density at radius 1 is 1.00 bits per heavy atom. The van der Waals surface area contributed by atoms with Crippen LogP contribution in [0.25, 0.3) is 17.0 Å². The number of methoxy groups -OCH3 is 1. The lowest BCUT2D eigenvalue weighted by Crippen LogP contribution is -2.07. The number of aliphatic imine (C=N–C) groups is 1. The zero-order valence-electron chi connectivity index (χ0n) is 15.5. The lowest BCUT2D eigenvalue weighted by molar-refractivity contribution is 0.415. The molecule has 0 amide bonds. The summed E-state index contributed by atoms with van der Waals surface area (Å²) in [5.74, 6) is 1.06. The summed E-state index contributed by atoms with van der Waals surface area (Å²) >= 11 is 0. The number of ether oxygens (including phenoxy) is 1. The molecule has 0 atom stereocenters. The summed E-state index contributed by atoms with van der Waals surface area (Å²) in [6.07, 6.45) is 1.89. The van der Waals surface area contributed by atoms with Crippen LogP contribution in [-0.2, 0) is 0 Å². The van der Waals surface area contributed by atoms with Crippen molar-refractivity contribution < 1.29 is 14.2 Å². The molecular weight excluding hydrogens is 369 g/mol. The SMILES string of the molecule is COc1ccc2[nH]c(O)c(/C=c3/ccc4c(c3)N=C(c3ccc(F)cc3)N=4)c2c1. The first-order chi connectivity index (χ1) is 14.1. The molecule has 1 aromatic heterocycles. The van der Waals surface area contributed by atoms with E-state index < -0.39 is 0 Å². The van der Waals surface area contributed by atoms with Crippen LogP contribution in [0.3, 0.4) is 0 Å². The number of nitrogens with zero attached hydrogens (tertiary/aromatic N) is 2. The van der Waals surface area contributed by atoms with Gasteiger partial charge in [-0.25, -0.2) is 14.4 Å². The number of aromatic nitrogens is 1. The molecule has 1 aliphatic rings. The summed E-state index contributed by atoms with van der Waals surface area (Å²) < 4.78 is 18.5. The van der Waals surface area contributed by atoms with Crippen molar-refractivity contribution in [2.75, 3.05) is 7.11 Å². The van der Waals surface area contributed by atoms with Crippen LogP contribution >= 0.6 is 0 Å². The Kier molecular flexibility index (Phi) is 3.91. The maximum Gasteiger partial charge on any atom is 0.196 e. The fraction of sp³-hybridized carbons (Fsp3) is 0.0435. The topological polar surface area (TPSA) is 70.0 Å². The number of rotatable bonds is 3. The van der Waals surface area contributed by atoms with Crippen molar-refractivity contribution in [2.45, 2.75) is 0 Å². The minimum absolute atomic E-state index is 0.0916. The molecule has 0 unspecified atom stereocenters. The highest BCUT2D eigenvalue weighted by Crippen LogP contribution is 2.30. The van der Waals surface area contributed by atoms with Crippen molar-refractivity contribution in [2.24, 2.45) is 9.98 Å². The van der Waals surface area contributed by atoms with Crippen LogP contribution in [-0.4, -0.2) is 23.0 Å². The molecule has 0 spiro atoms. The number of H-pyrrole nitrogens is 1. The number of hydrogen-bond donors (Lipinski definition) is 2. The number of benzene rings is 3. The van der Waals surface area contributed by atoms with Crippen LogP contribution in [0.15, 0.2) is 70.6 Å². The zero-order chi connectivity index (χ0) is 20.0. The van der Waals surface area contributed by atoms with Crippen molar-refractivity contribution in [3.8, 4) is 11.6 Å². The summed E-state index contributed by atoms with van der Waals surface area (Å²) in [5.41, 5.74) is 2.99. The number of fused-ring (bicyclic) bond motifs is 2. The lowest BCUT2D eigenvalue weighted by atomic mass is 10.1. The van der Waals surface area contributed by atoms with Crippen molar-refractivity contribution in [1.29, 1.82) is 0 Å². The molecule has 4 aromatic rings. The third-order valence-corrected chi connectivity index (χ3v) is 4.89. The average molecular weight is 385 g/mol. The fourth-order valence-corrected chi connectivity index (χ4v) is 3.41. The third-order valence-electron chi connectivity index (χ3n) is 4.89. The minimum Gasteiger partial charge on any atom is -0.497 e. The molecule has 29 heavy (non-hydrogen) atoms. The lowest BCUT2D eigenvalue weighted by Gasteiger charge is -1.99. The van der Waals surface area contributed by atoms with E-state index in [9.17, 15) is 9.50 Å². The quantitative estimate of drug-likeness (QED) is 0.566. The minimum atomic E-state index is -0.295. The molecule has 5 nitrogen and oxygen atoms in total. The predicted molar refractivity (Wildman–Crippen MR) is 110 cm³/mol. The van der Waals surface area contributed by atoms with Crippen molar-refractivity contribution >= 4 is 28.5 Å². The van der Waals surface area contributed by atoms with Gasteiger partial charge >= 0.3 is 0 Å². The van der Waals surface area contributed by atoms with Gasteiger partial charge in [-0.1, -0.05) is 6.07 Å². The number of aromatic hydroxyl groups is 1. The first-order valence-electron chi connectivity index (χ1n) is 9.04. The average Bonchev–Trinajstić information content (AvgIpc) is 3.29. The highest BCUT2D eigenvalue weighted by molar-refractivity contribution is 6.02. The van der Waals surface area contributed by atoms with Gasteiger partial charge in [-0.2, -0.15) is 0 Å². The second kappa shape index (κ2) is 6.60. The summed E-state index contributed by atoms with van der Waals surface area (Å²) in [7, 11) is 1.61. The number of aromatic amines is 1. The van der Waals surface area contributed by atoms with Crippen molar-refractivity contribution in [3.63, 3.8) is 0 Å². The largest absolute Gasteiger partial charge is 0.497 e. The second-order valence-electron chi connectivity index (χ2n) is 6.75. The first kappa shape index (κ1) is 17.2. The number of halogens is 1. The van der Waals surface area contributed by atoms with E-state index in [1.807, 2.05) is 42.5 Å². The third kappa shape index (κ3) is 3.04. The maximum atomic E-state index is 13.2. The molecule has 1 aliphatic heterocycles. The number of hydrogen-bond acceptors (Lipinski definition) is 4. The molecule has 0 aliphatic carbocycles. The Bertz CT molecular complexity index is 1400. The zero-order valence-corrected chi connectivity index (χ0v) is 15.5. The highest BCUT2D eigenvalue weighted by atomic mass is 19.1. The Morgan fingerprint density at radius 2 is 1.83 bits per heavy atom. The van der Waals surface area contributed by atoms with Gasteiger partial charge in [0.05, 0.1) is 18.2 Å². The molecule has 2 N–H and O–H groups in total. The van der Waals surface area contributed by atoms with E-state index in [0.29, 0.717) is 17.1 Å². The standard InChI is InChI=1S/C23H16FN3O2/c1-29-16-7-9-19-17(12-16)18(23(28)27-19)10-13-2-8-20-21(11-13)26-22(25-20)14-3-5-15(24)6-4-14/h2-12,27-28H,1H3/b13-10-. The van der Waals surface area contributed by atoms with E-state index in [1.165, 1.54) is 12.1 Å². The summed E-state index contributed by atoms with van der Waals surface area (Å²) in [6.45, 7) is 0. The molecule has 5 rings (SSSR count). The summed E-state index contributed by atoms with van der Waals surface area (Å²) in [6, 6.07) is 17.4. The second-order valence-corrected chi connectivity index (χ2v) is 6.75. The Hall–Kier alpha value is -3.93. The van der Waals surface area contributed by atoms with Crippen LogP contribution in [0.2, 0.25) is 0 Å². The number of amidine groups is 1. The molecule has 0 saturated heterocycles. The summed E-state index contributed by atoms with van der Waals surface area (Å²) in [5, 5.41) is 12.9. The molecule has 2 heterocycles. The Labute approximate surface area is 165 Å². The molecule has 0 radical (unpaired) electrons. The molecule has 0 bridgehead atoms. The van der Waals surface area contributed by atoms with Crippen molar-refractivity contribution in [1.82, 2.24) is 4.98 Å². The van der Waals surface area contributed by atoms with E-state index in [2.05, 4.69) is 15.0 Å². The van der Waals surface area contributed by atoms with Gasteiger partial charge < -0.3 is 14.8 Å². The summed E-state index contributed by atoms with van der Waals surface area (Å²) in [4.78, 5) is 12.1. The van der Waals surface area contributed by atoms with E-state index >= 15 is 0 Å². The van der Waals surface area contributed by atoms with E-state index in [-0.39, 0.29) is 11.7 Å². The monoisotopic (exact) mass is 385 g/mol. The molecule has 0 fully saturated rings. The van der Waals surface area contributed by atoms with Gasteiger partial charge in [-0.05, 0) is 65.9 Å². The Morgan fingerprint density at radius 3 is 2.62 bits per heavy atom. The van der Waals surface area contributed by atoms with Gasteiger partial charge in [0, 0.05) is 22.0 Å². The van der Waals surface area contributed by atoms with Gasteiger partial charge in [-0.3, -0.25) is 0 Å². The normalized spacial score (nSPS) is 13.3. The van der Waals surface area contributed by atoms with E-state index in [1.54, 1.807) is 19.2 Å². The van der Waals surface area contributed by atoms with Gasteiger partial charge in [0.25, 0.3) is 0 Å². The molecule has 0 saturated carbocycles. The molecule has 3 aromatic carbocycles. The van der Waals surface area contributed by atoms with Crippen LogP contribution in [0.4, 0.5) is 10.1 Å². The molecular formula is C23H16FN3O2. The smallest absolute Gasteiger partial charge is 0.196 e. The predicted octanol–water partition coefficient (Wildman–Crippen LogP) is 3.56. The van der Waals surface area contributed by atoms with Crippen LogP contribution in [0.5, 0.6) is 11.6 Å². The van der Waals surface area contributed by atoms with Crippen molar-refractivity contribution in [3.05, 3.63) is 88.2 Å². The van der Waals surface area contributed by atoms with Crippen LogP contribution in [0.1, 0.15) is 11.1 Å². The first-order valence-corrected chi connectivity index (χ1v) is 9.04. The van der Waals surface area contributed by atoms with Crippen LogP contribution in [0, 0.1) is 5.82 Å². The van der Waals surface area contributed by atoms with Gasteiger partial charge in [-0.15, -0.1) is 0 Å². The number of nitrogens with one attached hydrogen (secondary N) is 1.